The van der Waals surface area contributed by atoms with Crippen LogP contribution < -0.4 is 0 Å². The molecule has 0 spiro atoms. The molecule has 1 N–H and O–H groups in total. The summed E-state index contributed by atoms with van der Waals surface area (Å²) < 4.78 is 0. The van der Waals surface area contributed by atoms with Crippen molar-refractivity contribution in [1.82, 2.24) is 4.90 Å². The van der Waals surface area contributed by atoms with Gasteiger partial charge in [0.25, 0.3) is 5.91 Å². The fourth-order valence-electron chi connectivity index (χ4n) is 2.17. The predicted molar refractivity (Wildman–Crippen MR) is 88.0 cm³/mol. The fraction of sp³-hybridized carbons (Fsp3) is 0.444. The number of benzene rings is 1. The first-order chi connectivity index (χ1) is 10.3. The molecule has 0 aromatic heterocycles. The van der Waals surface area contributed by atoms with Crippen molar-refractivity contribution >= 4 is 12.0 Å². The third-order valence-corrected chi connectivity index (χ3v) is 3.01. The first-order valence-corrected chi connectivity index (χ1v) is 7.53. The van der Waals surface area contributed by atoms with E-state index in [1.165, 1.54) is 12.1 Å². The molecule has 1 amide bonds. The van der Waals surface area contributed by atoms with E-state index in [1.54, 1.807) is 23.1 Å². The molecule has 4 nitrogen and oxygen atoms in total. The van der Waals surface area contributed by atoms with Crippen LogP contribution in [0.4, 0.5) is 0 Å². The Hall–Kier alpha value is -2.28. The molecular formula is C18H24N2O2. The normalized spacial score (nSPS) is 11.6. The molecule has 0 atom stereocenters. The summed E-state index contributed by atoms with van der Waals surface area (Å²) >= 11 is 0. The van der Waals surface area contributed by atoms with Gasteiger partial charge in [0, 0.05) is 13.1 Å². The monoisotopic (exact) mass is 300 g/mol. The second kappa shape index (κ2) is 8.23. The van der Waals surface area contributed by atoms with Crippen molar-refractivity contribution in [2.45, 2.75) is 27.7 Å². The molecule has 1 aromatic rings. The Morgan fingerprint density at radius 3 is 2.09 bits per heavy atom. The minimum absolute atomic E-state index is 0.118. The SMILES string of the molecule is CC(C)CN(CC(C)C)C(=O)/C(C#N)=C/c1ccc(O)cc1. The van der Waals surface area contributed by atoms with Crippen LogP contribution in [0, 0.1) is 23.2 Å². The van der Waals surface area contributed by atoms with E-state index in [9.17, 15) is 15.2 Å². The number of nitriles is 1. The van der Waals surface area contributed by atoms with Gasteiger partial charge in [0.2, 0.25) is 0 Å². The highest BCUT2D eigenvalue weighted by Gasteiger charge is 2.20. The van der Waals surface area contributed by atoms with Gasteiger partial charge in [-0.25, -0.2) is 0 Å². The van der Waals surface area contributed by atoms with E-state index in [0.717, 1.165) is 5.56 Å². The molecule has 0 aliphatic rings. The second-order valence-electron chi connectivity index (χ2n) is 6.26. The Labute approximate surface area is 132 Å². The fourth-order valence-corrected chi connectivity index (χ4v) is 2.17. The quantitative estimate of drug-likeness (QED) is 0.646. The van der Waals surface area contributed by atoms with Crippen LogP contribution in [0.2, 0.25) is 0 Å². The van der Waals surface area contributed by atoms with Crippen LogP contribution in [0.25, 0.3) is 6.08 Å². The Kier molecular flexibility index (Phi) is 6.65. The molecule has 0 aliphatic heterocycles. The summed E-state index contributed by atoms with van der Waals surface area (Å²) in [4.78, 5) is 14.3. The van der Waals surface area contributed by atoms with E-state index in [-0.39, 0.29) is 17.2 Å². The summed E-state index contributed by atoms with van der Waals surface area (Å²) in [6.45, 7) is 9.47. The predicted octanol–water partition coefficient (Wildman–Crippen LogP) is 3.44. The largest absolute Gasteiger partial charge is 0.508 e. The van der Waals surface area contributed by atoms with Crippen molar-refractivity contribution in [3.8, 4) is 11.8 Å². The van der Waals surface area contributed by atoms with Gasteiger partial charge in [-0.05, 0) is 35.6 Å². The van der Waals surface area contributed by atoms with Crippen molar-refractivity contribution < 1.29 is 9.90 Å². The molecule has 0 saturated heterocycles. The molecule has 4 heteroatoms. The maximum atomic E-state index is 12.6. The molecule has 1 aromatic carbocycles. The number of phenolic OH excluding ortho intramolecular Hbond substituents is 1. The molecule has 0 bridgehead atoms. The standard InChI is InChI=1S/C18H24N2O2/c1-13(2)11-20(12-14(3)4)18(22)16(10-19)9-15-5-7-17(21)8-6-15/h5-9,13-14,21H,11-12H2,1-4H3/b16-9+. The molecule has 0 heterocycles. The van der Waals surface area contributed by atoms with Crippen LogP contribution in [-0.2, 0) is 4.79 Å². The molecule has 0 saturated carbocycles. The van der Waals surface area contributed by atoms with Gasteiger partial charge in [-0.1, -0.05) is 39.8 Å². The first-order valence-electron chi connectivity index (χ1n) is 7.53. The van der Waals surface area contributed by atoms with E-state index in [0.29, 0.717) is 24.9 Å². The van der Waals surface area contributed by atoms with Crippen molar-refractivity contribution in [2.24, 2.45) is 11.8 Å². The lowest BCUT2D eigenvalue weighted by atomic mass is 10.1. The van der Waals surface area contributed by atoms with Crippen molar-refractivity contribution in [2.75, 3.05) is 13.1 Å². The highest BCUT2D eigenvalue weighted by molar-refractivity contribution is 6.01. The molecule has 0 unspecified atom stereocenters. The van der Waals surface area contributed by atoms with Crippen molar-refractivity contribution in [1.29, 1.82) is 5.26 Å². The number of hydrogen-bond acceptors (Lipinski definition) is 3. The lowest BCUT2D eigenvalue weighted by Gasteiger charge is -2.26. The second-order valence-corrected chi connectivity index (χ2v) is 6.26. The first kappa shape index (κ1) is 17.8. The topological polar surface area (TPSA) is 64.3 Å². The summed E-state index contributed by atoms with van der Waals surface area (Å²) in [7, 11) is 0. The third kappa shape index (κ3) is 5.61. The van der Waals surface area contributed by atoms with E-state index in [1.807, 2.05) is 6.07 Å². The van der Waals surface area contributed by atoms with Gasteiger partial charge in [0.15, 0.2) is 0 Å². The highest BCUT2D eigenvalue weighted by atomic mass is 16.3. The number of aromatic hydroxyl groups is 1. The van der Waals surface area contributed by atoms with Gasteiger partial charge in [-0.15, -0.1) is 0 Å². The van der Waals surface area contributed by atoms with E-state index in [4.69, 9.17) is 0 Å². The molecular weight excluding hydrogens is 276 g/mol. The van der Waals surface area contributed by atoms with Crippen LogP contribution in [0.3, 0.4) is 0 Å². The lowest BCUT2D eigenvalue weighted by molar-refractivity contribution is -0.127. The van der Waals surface area contributed by atoms with Crippen LogP contribution in [-0.4, -0.2) is 29.0 Å². The Morgan fingerprint density at radius 1 is 1.18 bits per heavy atom. The van der Waals surface area contributed by atoms with E-state index < -0.39 is 0 Å². The van der Waals surface area contributed by atoms with Gasteiger partial charge < -0.3 is 10.0 Å². The summed E-state index contributed by atoms with van der Waals surface area (Å²) in [6, 6.07) is 8.42. The number of carbonyl (C=O) groups is 1. The maximum absolute atomic E-state index is 12.6. The number of carbonyl (C=O) groups excluding carboxylic acids is 1. The Morgan fingerprint density at radius 2 is 1.68 bits per heavy atom. The van der Waals surface area contributed by atoms with Gasteiger partial charge >= 0.3 is 0 Å². The van der Waals surface area contributed by atoms with Crippen LogP contribution in [0.15, 0.2) is 29.8 Å². The summed E-state index contributed by atoms with van der Waals surface area (Å²) in [5.74, 6) is 0.605. The zero-order chi connectivity index (χ0) is 16.7. The minimum Gasteiger partial charge on any atom is -0.508 e. The Balaban J connectivity index is 3.02. The van der Waals surface area contributed by atoms with Crippen LogP contribution in [0.1, 0.15) is 33.3 Å². The number of amides is 1. The smallest absolute Gasteiger partial charge is 0.264 e. The van der Waals surface area contributed by atoms with E-state index >= 15 is 0 Å². The van der Waals surface area contributed by atoms with E-state index in [2.05, 4.69) is 27.7 Å². The molecule has 22 heavy (non-hydrogen) atoms. The molecule has 0 fully saturated rings. The zero-order valence-corrected chi connectivity index (χ0v) is 13.7. The Bertz CT molecular complexity index is 556. The highest BCUT2D eigenvalue weighted by Crippen LogP contribution is 2.15. The number of nitrogens with zero attached hydrogens (tertiary/aromatic N) is 2. The number of hydrogen-bond donors (Lipinski definition) is 1. The number of phenols is 1. The zero-order valence-electron chi connectivity index (χ0n) is 13.7. The molecule has 0 aliphatic carbocycles. The summed E-state index contributed by atoms with van der Waals surface area (Å²) in [6.07, 6.45) is 1.56. The van der Waals surface area contributed by atoms with Gasteiger partial charge in [-0.2, -0.15) is 5.26 Å². The third-order valence-electron chi connectivity index (χ3n) is 3.01. The molecule has 1 rings (SSSR count). The average molecular weight is 300 g/mol. The van der Waals surface area contributed by atoms with Crippen molar-refractivity contribution in [3.63, 3.8) is 0 Å². The van der Waals surface area contributed by atoms with Gasteiger partial charge in [0.05, 0.1) is 0 Å². The van der Waals surface area contributed by atoms with Crippen LogP contribution >= 0.6 is 0 Å². The van der Waals surface area contributed by atoms with Crippen molar-refractivity contribution in [3.05, 3.63) is 35.4 Å². The number of rotatable bonds is 6. The summed E-state index contributed by atoms with van der Waals surface area (Å²) in [5, 5.41) is 18.6. The molecule has 0 radical (unpaired) electrons. The maximum Gasteiger partial charge on any atom is 0.264 e. The van der Waals surface area contributed by atoms with Gasteiger partial charge in [0.1, 0.15) is 17.4 Å². The lowest BCUT2D eigenvalue weighted by Crippen LogP contribution is -2.37. The molecule has 118 valence electrons. The average Bonchev–Trinajstić information content (AvgIpc) is 2.44. The summed E-state index contributed by atoms with van der Waals surface area (Å²) in [5.41, 5.74) is 0.837. The minimum atomic E-state index is -0.238. The van der Waals surface area contributed by atoms with Crippen LogP contribution in [0.5, 0.6) is 5.75 Å². The van der Waals surface area contributed by atoms with Gasteiger partial charge in [-0.3, -0.25) is 4.79 Å².